The first-order valence-electron chi connectivity index (χ1n) is 4.85. The van der Waals surface area contributed by atoms with E-state index in [1.807, 2.05) is 0 Å². The Morgan fingerprint density at radius 2 is 1.30 bits per heavy atom. The van der Waals surface area contributed by atoms with E-state index in [1.54, 1.807) is 0 Å². The van der Waals surface area contributed by atoms with Crippen LogP contribution in [0.2, 0.25) is 0 Å². The zero-order chi connectivity index (χ0) is 16.0. The fourth-order valence-corrected chi connectivity index (χ4v) is 1.15. The van der Waals surface area contributed by atoms with E-state index in [9.17, 15) is 30.3 Å². The summed E-state index contributed by atoms with van der Waals surface area (Å²) in [5, 5.41) is 38.9. The average Bonchev–Trinajstić information content (AvgIpc) is 2.27. The Balaban J connectivity index is 0.000000796. The van der Waals surface area contributed by atoms with Crippen molar-refractivity contribution in [3.05, 3.63) is 48.0 Å². The van der Waals surface area contributed by atoms with Crippen LogP contribution in [0, 0.1) is 37.3 Å². The number of nitro benzene ring substituents is 3. The van der Waals surface area contributed by atoms with Crippen molar-refractivity contribution in [1.29, 1.82) is 0 Å². The second-order valence-electron chi connectivity index (χ2n) is 3.40. The molecule has 0 radical (unpaired) electrons. The Kier molecular flexibility index (Phi) is 5.68. The summed E-state index contributed by atoms with van der Waals surface area (Å²) in [7, 11) is 0. The molecule has 0 aromatic heterocycles. The van der Waals surface area contributed by atoms with Gasteiger partial charge in [-0.2, -0.15) is 0 Å². The van der Waals surface area contributed by atoms with Crippen molar-refractivity contribution >= 4 is 23.0 Å². The molecule has 0 fully saturated rings. The van der Waals surface area contributed by atoms with Crippen molar-refractivity contribution in [2.45, 2.75) is 13.8 Å². The zero-order valence-electron chi connectivity index (χ0n) is 10.3. The fraction of sp³-hybridized carbons (Fsp3) is 0.222. The van der Waals surface area contributed by atoms with Gasteiger partial charge in [-0.1, -0.05) is 0 Å². The quantitative estimate of drug-likeness (QED) is 0.648. The molecule has 0 saturated heterocycles. The highest BCUT2D eigenvalue weighted by molar-refractivity contribution is 5.63. The summed E-state index contributed by atoms with van der Waals surface area (Å²) in [6, 6.07) is 1.39. The molecule has 1 aromatic carbocycles. The molecule has 0 amide bonds. The monoisotopic (exact) mass is 287 g/mol. The molecule has 1 aromatic rings. The van der Waals surface area contributed by atoms with Gasteiger partial charge in [0, 0.05) is 6.92 Å². The number of nitro groups is 3. The van der Waals surface area contributed by atoms with E-state index in [4.69, 9.17) is 9.90 Å². The standard InChI is InChI=1S/C7H5N3O6.C2H4O2/c1-4-6(9(13)14)2-5(8(11)12)3-7(4)10(15)16;1-2(3)4/h2-3H,1H3;1H3,(H,3,4). The minimum Gasteiger partial charge on any atom is -0.481 e. The highest BCUT2D eigenvalue weighted by Crippen LogP contribution is 2.32. The number of non-ortho nitro benzene ring substituents is 1. The normalized spacial score (nSPS) is 9.10. The van der Waals surface area contributed by atoms with Gasteiger partial charge in [0.25, 0.3) is 23.0 Å². The number of hydrogen-bond donors (Lipinski definition) is 1. The minimum absolute atomic E-state index is 0.208. The number of carbonyl (C=O) groups is 1. The Morgan fingerprint density at radius 1 is 1.00 bits per heavy atom. The Hall–Kier alpha value is -3.11. The maximum atomic E-state index is 10.5. The lowest BCUT2D eigenvalue weighted by atomic mass is 10.1. The molecule has 108 valence electrons. The van der Waals surface area contributed by atoms with Crippen molar-refractivity contribution in [3.8, 4) is 0 Å². The van der Waals surface area contributed by atoms with Gasteiger partial charge in [-0.15, -0.1) is 0 Å². The Morgan fingerprint density at radius 3 is 1.50 bits per heavy atom. The third-order valence-electron chi connectivity index (χ3n) is 1.94. The van der Waals surface area contributed by atoms with E-state index in [0.29, 0.717) is 12.1 Å². The molecule has 11 nitrogen and oxygen atoms in total. The largest absolute Gasteiger partial charge is 0.481 e. The first-order chi connectivity index (χ1) is 9.07. The van der Waals surface area contributed by atoms with Crippen LogP contribution in [0.4, 0.5) is 17.1 Å². The molecule has 1 rings (SSSR count). The van der Waals surface area contributed by atoms with Crippen LogP contribution in [0.5, 0.6) is 0 Å². The van der Waals surface area contributed by atoms with E-state index in [2.05, 4.69) is 0 Å². The Bertz CT molecular complexity index is 544. The Labute approximate surface area is 110 Å². The van der Waals surface area contributed by atoms with Crippen molar-refractivity contribution in [1.82, 2.24) is 0 Å². The van der Waals surface area contributed by atoms with Crippen LogP contribution in [0.1, 0.15) is 12.5 Å². The van der Waals surface area contributed by atoms with Crippen LogP contribution in [-0.4, -0.2) is 25.8 Å². The summed E-state index contributed by atoms with van der Waals surface area (Å²) < 4.78 is 0. The van der Waals surface area contributed by atoms with E-state index in [1.165, 1.54) is 6.92 Å². The number of carboxylic acids is 1. The van der Waals surface area contributed by atoms with Crippen LogP contribution >= 0.6 is 0 Å². The van der Waals surface area contributed by atoms with Crippen molar-refractivity contribution in [2.24, 2.45) is 0 Å². The van der Waals surface area contributed by atoms with Gasteiger partial charge in [0.05, 0.1) is 26.9 Å². The molecule has 20 heavy (non-hydrogen) atoms. The summed E-state index contributed by atoms with van der Waals surface area (Å²) in [5.41, 5.74) is -2.16. The van der Waals surface area contributed by atoms with E-state index >= 15 is 0 Å². The van der Waals surface area contributed by atoms with Gasteiger partial charge < -0.3 is 5.11 Å². The maximum Gasteiger partial charge on any atom is 0.300 e. The average molecular weight is 287 g/mol. The zero-order valence-corrected chi connectivity index (χ0v) is 10.3. The molecule has 0 aliphatic carbocycles. The lowest BCUT2D eigenvalue weighted by Gasteiger charge is -1.99. The van der Waals surface area contributed by atoms with E-state index < -0.39 is 37.8 Å². The molecular formula is C9H9N3O8. The second kappa shape index (κ2) is 6.72. The van der Waals surface area contributed by atoms with Crippen LogP contribution in [0.25, 0.3) is 0 Å². The van der Waals surface area contributed by atoms with Gasteiger partial charge in [0.2, 0.25) is 0 Å². The van der Waals surface area contributed by atoms with Crippen LogP contribution < -0.4 is 0 Å². The summed E-state index contributed by atoms with van der Waals surface area (Å²) in [6.45, 7) is 2.25. The molecule has 0 aliphatic heterocycles. The van der Waals surface area contributed by atoms with Crippen LogP contribution in [0.3, 0.4) is 0 Å². The van der Waals surface area contributed by atoms with Gasteiger partial charge in [0.1, 0.15) is 5.56 Å². The molecule has 0 unspecified atom stereocenters. The minimum atomic E-state index is -0.917. The predicted octanol–water partition coefficient (Wildman–Crippen LogP) is 1.81. The maximum absolute atomic E-state index is 10.5. The smallest absolute Gasteiger partial charge is 0.300 e. The first kappa shape index (κ1) is 16.9. The van der Waals surface area contributed by atoms with Gasteiger partial charge in [-0.05, 0) is 6.92 Å². The lowest BCUT2D eigenvalue weighted by molar-refractivity contribution is -0.403. The van der Waals surface area contributed by atoms with Gasteiger partial charge in [0.15, 0.2) is 0 Å². The third-order valence-corrected chi connectivity index (χ3v) is 1.94. The molecule has 0 aliphatic rings. The summed E-state index contributed by atoms with van der Waals surface area (Å²) in [4.78, 5) is 37.8. The van der Waals surface area contributed by atoms with Gasteiger partial charge in [-0.25, -0.2) is 0 Å². The second-order valence-corrected chi connectivity index (χ2v) is 3.40. The van der Waals surface area contributed by atoms with Crippen molar-refractivity contribution < 1.29 is 24.7 Å². The number of nitrogens with zero attached hydrogens (tertiary/aromatic N) is 3. The molecule has 0 heterocycles. The number of aliphatic carboxylic acids is 1. The predicted molar refractivity (Wildman–Crippen MR) is 64.5 cm³/mol. The number of carboxylic acid groups (broad SMARTS) is 1. The highest BCUT2D eigenvalue weighted by Gasteiger charge is 2.27. The molecule has 0 bridgehead atoms. The summed E-state index contributed by atoms with van der Waals surface area (Å²) in [5.74, 6) is -0.833. The summed E-state index contributed by atoms with van der Waals surface area (Å²) >= 11 is 0. The highest BCUT2D eigenvalue weighted by atomic mass is 16.6. The topological polar surface area (TPSA) is 167 Å². The number of benzene rings is 1. The van der Waals surface area contributed by atoms with E-state index in [-0.39, 0.29) is 5.56 Å². The molecule has 0 saturated carbocycles. The molecule has 0 spiro atoms. The molecule has 1 N–H and O–H groups in total. The van der Waals surface area contributed by atoms with Gasteiger partial charge in [-0.3, -0.25) is 35.1 Å². The third kappa shape index (κ3) is 4.64. The number of hydrogen-bond acceptors (Lipinski definition) is 7. The fourth-order valence-electron chi connectivity index (χ4n) is 1.15. The lowest BCUT2D eigenvalue weighted by Crippen LogP contribution is -2.00. The molecule has 0 atom stereocenters. The van der Waals surface area contributed by atoms with Crippen LogP contribution in [-0.2, 0) is 4.79 Å². The SMILES string of the molecule is CC(=O)O.Cc1c([N+](=O)[O-])cc([N+](=O)[O-])cc1[N+](=O)[O-]. The number of rotatable bonds is 3. The van der Waals surface area contributed by atoms with Gasteiger partial charge >= 0.3 is 0 Å². The van der Waals surface area contributed by atoms with Crippen molar-refractivity contribution in [2.75, 3.05) is 0 Å². The first-order valence-corrected chi connectivity index (χ1v) is 4.85. The summed E-state index contributed by atoms with van der Waals surface area (Å²) in [6.07, 6.45) is 0. The van der Waals surface area contributed by atoms with Crippen LogP contribution in [0.15, 0.2) is 12.1 Å². The molecule has 11 heteroatoms. The molecular weight excluding hydrogens is 278 g/mol. The van der Waals surface area contributed by atoms with E-state index in [0.717, 1.165) is 6.92 Å². The van der Waals surface area contributed by atoms with Crippen molar-refractivity contribution in [3.63, 3.8) is 0 Å².